The van der Waals surface area contributed by atoms with Crippen molar-refractivity contribution in [2.45, 2.75) is 31.7 Å². The number of ether oxygens (including phenoxy) is 1. The van der Waals surface area contributed by atoms with Gasteiger partial charge in [0.2, 0.25) is 0 Å². The summed E-state index contributed by atoms with van der Waals surface area (Å²) < 4.78 is 6.85. The van der Waals surface area contributed by atoms with Gasteiger partial charge in [0, 0.05) is 9.61 Å². The van der Waals surface area contributed by atoms with Gasteiger partial charge in [-0.3, -0.25) is 0 Å². The number of phenols is 1. The minimum absolute atomic E-state index is 0.00630. The third-order valence-electron chi connectivity index (χ3n) is 3.36. The Kier molecular flexibility index (Phi) is 6.34. The Balaban J connectivity index is 1.88. The van der Waals surface area contributed by atoms with Crippen LogP contribution in [0.5, 0.6) is 5.75 Å². The van der Waals surface area contributed by atoms with Crippen LogP contribution in [0.2, 0.25) is 0 Å². The van der Waals surface area contributed by atoms with Crippen LogP contribution in [-0.2, 0) is 4.74 Å². The molecule has 1 aromatic carbocycles. The zero-order chi connectivity index (χ0) is 14.5. The first kappa shape index (κ1) is 16.3. The normalized spacial score (nSPS) is 18.8. The average Bonchev–Trinajstić information content (AvgIpc) is 2.44. The highest BCUT2D eigenvalue weighted by molar-refractivity contribution is 14.1. The zero-order valence-corrected chi connectivity index (χ0v) is 15.3. The van der Waals surface area contributed by atoms with E-state index in [1.807, 2.05) is 28.7 Å². The number of hydrogen-bond acceptors (Lipinski definition) is 4. The number of esters is 1. The Hall–Kier alpha value is -0.0900. The van der Waals surface area contributed by atoms with Crippen LogP contribution in [0.3, 0.4) is 0 Å². The van der Waals surface area contributed by atoms with E-state index < -0.39 is 5.97 Å². The number of carbonyl (C=O) groups excluding carboxylic acids is 1. The third kappa shape index (κ3) is 4.45. The van der Waals surface area contributed by atoms with Gasteiger partial charge >= 0.3 is 5.97 Å². The minimum Gasteiger partial charge on any atom is -0.506 e. The maximum atomic E-state index is 12.0. The molecule has 1 aliphatic heterocycles. The van der Waals surface area contributed by atoms with Crippen molar-refractivity contribution in [1.82, 2.24) is 5.32 Å². The van der Waals surface area contributed by atoms with E-state index in [2.05, 4.69) is 27.9 Å². The van der Waals surface area contributed by atoms with E-state index >= 15 is 0 Å². The molecule has 0 spiro atoms. The van der Waals surface area contributed by atoms with E-state index in [0.29, 0.717) is 16.2 Å². The van der Waals surface area contributed by atoms with Gasteiger partial charge in [0.05, 0.1) is 10.2 Å². The van der Waals surface area contributed by atoms with Crippen molar-refractivity contribution in [3.8, 4) is 5.75 Å². The van der Waals surface area contributed by atoms with Gasteiger partial charge in [-0.2, -0.15) is 0 Å². The van der Waals surface area contributed by atoms with E-state index in [4.69, 9.17) is 4.74 Å². The summed E-state index contributed by atoms with van der Waals surface area (Å²) >= 11 is 4.13. The first-order valence-electron chi connectivity index (χ1n) is 6.66. The molecule has 0 saturated carbocycles. The van der Waals surface area contributed by atoms with Crippen LogP contribution >= 0.6 is 45.2 Å². The van der Waals surface area contributed by atoms with Crippen molar-refractivity contribution in [3.63, 3.8) is 0 Å². The Morgan fingerprint density at radius 3 is 2.90 bits per heavy atom. The summed E-state index contributed by atoms with van der Waals surface area (Å²) in [5.41, 5.74) is 0.248. The van der Waals surface area contributed by atoms with Crippen LogP contribution in [0.25, 0.3) is 0 Å². The van der Waals surface area contributed by atoms with Crippen LogP contribution in [-0.4, -0.2) is 30.3 Å². The van der Waals surface area contributed by atoms with Crippen molar-refractivity contribution in [2.24, 2.45) is 0 Å². The summed E-state index contributed by atoms with van der Waals surface area (Å²) in [5, 5.41) is 13.3. The fourth-order valence-corrected chi connectivity index (χ4v) is 4.11. The van der Waals surface area contributed by atoms with Gasteiger partial charge in [0.15, 0.2) is 0 Å². The quantitative estimate of drug-likeness (QED) is 0.492. The highest BCUT2D eigenvalue weighted by Crippen LogP contribution is 2.27. The van der Waals surface area contributed by atoms with E-state index in [9.17, 15) is 9.90 Å². The summed E-state index contributed by atoms with van der Waals surface area (Å²) in [5.74, 6) is -0.443. The van der Waals surface area contributed by atoms with Crippen LogP contribution in [0.1, 0.15) is 36.0 Å². The molecule has 0 amide bonds. The first-order chi connectivity index (χ1) is 9.58. The maximum Gasteiger partial charge on any atom is 0.341 e. The third-order valence-corrected chi connectivity index (χ3v) is 4.81. The molecule has 0 aromatic heterocycles. The number of rotatable bonds is 4. The van der Waals surface area contributed by atoms with Gasteiger partial charge in [0.1, 0.15) is 11.3 Å². The molecule has 110 valence electrons. The lowest BCUT2D eigenvalue weighted by atomic mass is 10.0. The smallest absolute Gasteiger partial charge is 0.341 e. The lowest BCUT2D eigenvalue weighted by Gasteiger charge is -2.23. The maximum absolute atomic E-state index is 12.0. The molecule has 2 N–H and O–H groups in total. The molecular weight excluding hydrogens is 484 g/mol. The predicted molar refractivity (Wildman–Crippen MR) is 94.1 cm³/mol. The first-order valence-corrected chi connectivity index (χ1v) is 8.82. The Morgan fingerprint density at radius 2 is 2.20 bits per heavy atom. The van der Waals surface area contributed by atoms with E-state index in [1.165, 1.54) is 12.8 Å². The molecule has 1 aromatic rings. The molecule has 4 nitrogen and oxygen atoms in total. The van der Waals surface area contributed by atoms with Crippen molar-refractivity contribution in [1.29, 1.82) is 0 Å². The van der Waals surface area contributed by atoms with Gasteiger partial charge in [-0.05, 0) is 83.1 Å². The molecular formula is C14H17I2NO3. The van der Waals surface area contributed by atoms with E-state index in [0.717, 1.165) is 23.0 Å². The average molecular weight is 501 g/mol. The molecule has 1 heterocycles. The van der Waals surface area contributed by atoms with Gasteiger partial charge < -0.3 is 15.2 Å². The van der Waals surface area contributed by atoms with Gasteiger partial charge in [-0.25, -0.2) is 4.79 Å². The molecule has 0 bridgehead atoms. The number of carbonyl (C=O) groups is 1. The molecule has 1 aliphatic rings. The van der Waals surface area contributed by atoms with E-state index in [1.54, 1.807) is 6.07 Å². The van der Waals surface area contributed by atoms with Crippen molar-refractivity contribution in [3.05, 3.63) is 24.8 Å². The number of halogens is 2. The van der Waals surface area contributed by atoms with Crippen molar-refractivity contribution in [2.75, 3.05) is 13.2 Å². The number of hydrogen-bond donors (Lipinski definition) is 2. The Bertz CT molecular complexity index is 488. The zero-order valence-electron chi connectivity index (χ0n) is 11.0. The van der Waals surface area contributed by atoms with Crippen molar-refractivity contribution >= 4 is 51.2 Å². The SMILES string of the molecule is O=C(OCCC1CCCCN1)c1cc(I)cc(I)c1O. The summed E-state index contributed by atoms with van der Waals surface area (Å²) in [6, 6.07) is 3.92. The second-order valence-electron chi connectivity index (χ2n) is 4.86. The Labute approximate surface area is 145 Å². The van der Waals surface area contributed by atoms with Crippen LogP contribution in [0.15, 0.2) is 12.1 Å². The topological polar surface area (TPSA) is 58.6 Å². The molecule has 1 atom stereocenters. The second-order valence-corrected chi connectivity index (χ2v) is 7.26. The highest BCUT2D eigenvalue weighted by Gasteiger charge is 2.17. The number of nitrogens with one attached hydrogen (secondary N) is 1. The van der Waals surface area contributed by atoms with Crippen LogP contribution in [0.4, 0.5) is 0 Å². The predicted octanol–water partition coefficient (Wildman–Crippen LogP) is 3.29. The molecule has 2 rings (SSSR count). The van der Waals surface area contributed by atoms with Gasteiger partial charge in [-0.1, -0.05) is 6.42 Å². The number of phenolic OH excluding ortho intramolecular Hbond substituents is 1. The number of aromatic hydroxyl groups is 1. The Morgan fingerprint density at radius 1 is 1.40 bits per heavy atom. The fourth-order valence-electron chi connectivity index (χ4n) is 2.26. The number of benzene rings is 1. The highest BCUT2D eigenvalue weighted by atomic mass is 127. The minimum atomic E-state index is -0.449. The summed E-state index contributed by atoms with van der Waals surface area (Å²) in [6.07, 6.45) is 4.43. The summed E-state index contributed by atoms with van der Waals surface area (Å²) in [7, 11) is 0. The van der Waals surface area contributed by atoms with Crippen molar-refractivity contribution < 1.29 is 14.6 Å². The van der Waals surface area contributed by atoms with Crippen LogP contribution in [0, 0.1) is 7.14 Å². The van der Waals surface area contributed by atoms with E-state index in [-0.39, 0.29) is 11.3 Å². The molecule has 1 fully saturated rings. The molecule has 20 heavy (non-hydrogen) atoms. The van der Waals surface area contributed by atoms with Crippen LogP contribution < -0.4 is 5.32 Å². The van der Waals surface area contributed by atoms with Gasteiger partial charge in [0.25, 0.3) is 0 Å². The number of piperidine rings is 1. The standard InChI is InChI=1S/C14H17I2NO3/c15-9-7-11(13(18)12(16)8-9)14(19)20-6-4-10-3-1-2-5-17-10/h7-8,10,17-18H,1-6H2. The summed E-state index contributed by atoms with van der Waals surface area (Å²) in [4.78, 5) is 12.0. The fraction of sp³-hybridized carbons (Fsp3) is 0.500. The second kappa shape index (κ2) is 7.79. The lowest BCUT2D eigenvalue weighted by Crippen LogP contribution is -2.35. The lowest BCUT2D eigenvalue weighted by molar-refractivity contribution is 0.0482. The molecule has 6 heteroatoms. The van der Waals surface area contributed by atoms with Gasteiger partial charge in [-0.15, -0.1) is 0 Å². The molecule has 0 radical (unpaired) electrons. The summed E-state index contributed by atoms with van der Waals surface area (Å²) in [6.45, 7) is 1.44. The molecule has 1 unspecified atom stereocenters. The molecule has 1 saturated heterocycles. The molecule has 0 aliphatic carbocycles. The largest absolute Gasteiger partial charge is 0.506 e. The monoisotopic (exact) mass is 501 g/mol.